The van der Waals surface area contributed by atoms with Crippen LogP contribution in [0.4, 0.5) is 17.6 Å². The first-order valence-electron chi connectivity index (χ1n) is 9.78. The highest BCUT2D eigenvalue weighted by Gasteiger charge is 2.22. The number of aromatic nitrogens is 2. The summed E-state index contributed by atoms with van der Waals surface area (Å²) in [5.41, 5.74) is -0.0948. The van der Waals surface area contributed by atoms with E-state index in [0.29, 0.717) is 11.1 Å². The van der Waals surface area contributed by atoms with Gasteiger partial charge in [-0.3, -0.25) is 0 Å². The molecule has 0 spiro atoms. The van der Waals surface area contributed by atoms with Crippen LogP contribution in [0.1, 0.15) is 53.4 Å². The third-order valence-electron chi connectivity index (χ3n) is 4.95. The molecular formula is C19H32N6S. The van der Waals surface area contributed by atoms with Crippen molar-refractivity contribution in [3.05, 3.63) is 6.07 Å². The van der Waals surface area contributed by atoms with Crippen LogP contribution in [0.15, 0.2) is 6.07 Å². The number of nitrogens with zero attached hydrogens (tertiary/aromatic N) is 4. The molecule has 0 bridgehead atoms. The van der Waals surface area contributed by atoms with Crippen molar-refractivity contribution in [3.63, 3.8) is 0 Å². The van der Waals surface area contributed by atoms with E-state index in [-0.39, 0.29) is 5.54 Å². The molecule has 3 heterocycles. The van der Waals surface area contributed by atoms with Gasteiger partial charge in [-0.2, -0.15) is 9.97 Å². The molecule has 0 saturated carbocycles. The van der Waals surface area contributed by atoms with Crippen LogP contribution >= 0.6 is 12.2 Å². The van der Waals surface area contributed by atoms with Crippen molar-refractivity contribution in [2.24, 2.45) is 5.92 Å². The van der Waals surface area contributed by atoms with E-state index in [1.54, 1.807) is 0 Å². The minimum Gasteiger partial charge on any atom is -0.358 e. The fourth-order valence-corrected chi connectivity index (χ4v) is 3.86. The Balaban J connectivity index is 1.81. The zero-order chi connectivity index (χ0) is 18.7. The van der Waals surface area contributed by atoms with E-state index in [4.69, 9.17) is 22.2 Å². The summed E-state index contributed by atoms with van der Waals surface area (Å²) in [5.74, 6) is 3.40. The molecule has 0 radical (unpaired) electrons. The summed E-state index contributed by atoms with van der Waals surface area (Å²) in [6, 6.07) is 2.15. The van der Waals surface area contributed by atoms with Crippen LogP contribution in [-0.2, 0) is 0 Å². The second kappa shape index (κ2) is 7.94. The Kier molecular flexibility index (Phi) is 5.85. The van der Waals surface area contributed by atoms with E-state index in [1.807, 2.05) is 0 Å². The first-order valence-corrected chi connectivity index (χ1v) is 10.2. The number of thiocarbonyl (C=S) groups is 1. The van der Waals surface area contributed by atoms with Crippen LogP contribution in [0.25, 0.3) is 0 Å². The van der Waals surface area contributed by atoms with Crippen LogP contribution < -0.4 is 20.4 Å². The van der Waals surface area contributed by atoms with E-state index < -0.39 is 0 Å². The summed E-state index contributed by atoms with van der Waals surface area (Å²) in [4.78, 5) is 14.2. The lowest BCUT2D eigenvalue weighted by molar-refractivity contribution is 0.436. The number of nitrogens with one attached hydrogen (secondary N) is 2. The predicted molar refractivity (Wildman–Crippen MR) is 113 cm³/mol. The van der Waals surface area contributed by atoms with Crippen molar-refractivity contribution in [2.75, 3.05) is 41.3 Å². The quantitative estimate of drug-likeness (QED) is 0.784. The van der Waals surface area contributed by atoms with Crippen molar-refractivity contribution in [3.8, 4) is 0 Å². The number of anilines is 3. The van der Waals surface area contributed by atoms with E-state index in [2.05, 4.69) is 54.2 Å². The topological polar surface area (TPSA) is 56.3 Å². The maximum Gasteiger partial charge on any atom is 0.232 e. The molecule has 2 aliphatic rings. The van der Waals surface area contributed by atoms with Gasteiger partial charge in [0, 0.05) is 37.8 Å². The van der Waals surface area contributed by atoms with Crippen LogP contribution in [-0.4, -0.2) is 46.8 Å². The molecule has 2 N–H and O–H groups in total. The number of rotatable bonds is 3. The van der Waals surface area contributed by atoms with Gasteiger partial charge in [-0.15, -0.1) is 0 Å². The minimum absolute atomic E-state index is 0.0948. The molecule has 6 nitrogen and oxygen atoms in total. The van der Waals surface area contributed by atoms with Gasteiger partial charge >= 0.3 is 0 Å². The molecule has 2 fully saturated rings. The molecule has 0 unspecified atom stereocenters. The largest absolute Gasteiger partial charge is 0.358 e. The summed E-state index contributed by atoms with van der Waals surface area (Å²) < 4.78 is 0. The smallest absolute Gasteiger partial charge is 0.232 e. The molecule has 1 aromatic rings. The van der Waals surface area contributed by atoms with E-state index in [0.717, 1.165) is 43.7 Å². The van der Waals surface area contributed by atoms with Gasteiger partial charge in [0.25, 0.3) is 0 Å². The molecule has 2 aliphatic heterocycles. The second-order valence-electron chi connectivity index (χ2n) is 8.60. The lowest BCUT2D eigenvalue weighted by Gasteiger charge is -2.32. The normalized spacial score (nSPS) is 18.9. The van der Waals surface area contributed by atoms with Crippen molar-refractivity contribution in [1.82, 2.24) is 15.3 Å². The number of hydrogen-bond donors (Lipinski definition) is 2. The molecule has 3 rings (SSSR count). The average molecular weight is 377 g/mol. The van der Waals surface area contributed by atoms with Gasteiger partial charge in [-0.25, -0.2) is 0 Å². The highest BCUT2D eigenvalue weighted by Crippen LogP contribution is 2.27. The van der Waals surface area contributed by atoms with Gasteiger partial charge in [-0.05, 0) is 64.6 Å². The highest BCUT2D eigenvalue weighted by atomic mass is 32.1. The summed E-state index contributed by atoms with van der Waals surface area (Å²) in [6.07, 6.45) is 4.90. The zero-order valence-electron chi connectivity index (χ0n) is 16.5. The summed E-state index contributed by atoms with van der Waals surface area (Å²) in [7, 11) is 0. The third kappa shape index (κ3) is 5.19. The standard InChI is InChI=1S/C19H32N6S/c1-14-7-11-25(12-8-14)16-13-15(24-9-5-6-10-24)20-17(21-16)22-18(26)23-19(2,3)4/h13-14H,5-12H2,1-4H3,(H2,20,21,22,23,26). The van der Waals surface area contributed by atoms with Crippen molar-refractivity contribution < 1.29 is 0 Å². The maximum absolute atomic E-state index is 5.45. The molecule has 0 aliphatic carbocycles. The SMILES string of the molecule is CC1CCN(c2cc(N3CCCC3)nc(NC(=S)NC(C)(C)C)n2)CC1. The van der Waals surface area contributed by atoms with Gasteiger partial charge in [0.2, 0.25) is 5.95 Å². The van der Waals surface area contributed by atoms with E-state index in [1.165, 1.54) is 25.7 Å². The molecule has 144 valence electrons. The zero-order valence-corrected chi connectivity index (χ0v) is 17.3. The molecule has 7 heteroatoms. The van der Waals surface area contributed by atoms with Crippen LogP contribution in [0, 0.1) is 5.92 Å². The van der Waals surface area contributed by atoms with Crippen molar-refractivity contribution in [2.45, 2.75) is 58.9 Å². The number of hydrogen-bond acceptors (Lipinski definition) is 5. The molecule has 0 amide bonds. The maximum atomic E-state index is 5.45. The van der Waals surface area contributed by atoms with E-state index in [9.17, 15) is 0 Å². The Morgan fingerprint density at radius 1 is 1.04 bits per heavy atom. The second-order valence-corrected chi connectivity index (χ2v) is 9.01. The Morgan fingerprint density at radius 2 is 1.58 bits per heavy atom. The fraction of sp³-hybridized carbons (Fsp3) is 0.737. The van der Waals surface area contributed by atoms with Gasteiger partial charge < -0.3 is 20.4 Å². The summed E-state index contributed by atoms with van der Waals surface area (Å²) >= 11 is 5.45. The lowest BCUT2D eigenvalue weighted by Crippen LogP contribution is -2.43. The van der Waals surface area contributed by atoms with E-state index >= 15 is 0 Å². The fourth-order valence-electron chi connectivity index (χ4n) is 3.46. The monoisotopic (exact) mass is 376 g/mol. The third-order valence-corrected chi connectivity index (χ3v) is 5.15. The summed E-state index contributed by atoms with van der Waals surface area (Å²) in [6.45, 7) is 12.8. The van der Waals surface area contributed by atoms with Gasteiger partial charge in [0.05, 0.1) is 0 Å². The molecule has 2 saturated heterocycles. The first kappa shape index (κ1) is 19.1. The Bertz CT molecular complexity index is 627. The van der Waals surface area contributed by atoms with Gasteiger partial charge in [-0.1, -0.05) is 6.92 Å². The highest BCUT2D eigenvalue weighted by molar-refractivity contribution is 7.80. The average Bonchev–Trinajstić information content (AvgIpc) is 3.08. The Morgan fingerprint density at radius 3 is 2.12 bits per heavy atom. The lowest BCUT2D eigenvalue weighted by atomic mass is 9.99. The van der Waals surface area contributed by atoms with Gasteiger partial charge in [0.1, 0.15) is 11.6 Å². The number of piperidine rings is 1. The predicted octanol–water partition coefficient (Wildman–Crippen LogP) is 3.40. The van der Waals surface area contributed by atoms with Gasteiger partial charge in [0.15, 0.2) is 5.11 Å². The van der Waals surface area contributed by atoms with Crippen LogP contribution in [0.5, 0.6) is 0 Å². The van der Waals surface area contributed by atoms with Crippen molar-refractivity contribution >= 4 is 34.9 Å². The minimum atomic E-state index is -0.0948. The molecule has 0 aromatic carbocycles. The molecule has 26 heavy (non-hydrogen) atoms. The molecule has 0 atom stereocenters. The Hall–Kier alpha value is -1.63. The molecular weight excluding hydrogens is 344 g/mol. The van der Waals surface area contributed by atoms with Crippen LogP contribution in [0.3, 0.4) is 0 Å². The van der Waals surface area contributed by atoms with Crippen LogP contribution in [0.2, 0.25) is 0 Å². The summed E-state index contributed by atoms with van der Waals surface area (Å²) in [5, 5.41) is 7.03. The Labute approximate surface area is 162 Å². The first-order chi connectivity index (χ1) is 12.3. The van der Waals surface area contributed by atoms with Crippen molar-refractivity contribution in [1.29, 1.82) is 0 Å². The molecule has 1 aromatic heterocycles.